The Kier molecular flexibility index (Phi) is 6.52. The van der Waals surface area contributed by atoms with Crippen molar-refractivity contribution in [2.75, 3.05) is 17.2 Å². The van der Waals surface area contributed by atoms with Crippen molar-refractivity contribution in [3.8, 4) is 0 Å². The molecule has 0 aromatic heterocycles. The second kappa shape index (κ2) is 8.16. The fraction of sp³-hybridized carbons (Fsp3) is 0.429. The van der Waals surface area contributed by atoms with Crippen molar-refractivity contribution in [3.63, 3.8) is 0 Å². The summed E-state index contributed by atoms with van der Waals surface area (Å²) in [6.07, 6.45) is 1.000. The van der Waals surface area contributed by atoms with Gasteiger partial charge in [0.2, 0.25) is 5.91 Å². The first-order chi connectivity index (χ1) is 9.56. The quantitative estimate of drug-likeness (QED) is 0.745. The summed E-state index contributed by atoms with van der Waals surface area (Å²) >= 11 is 0. The number of benzene rings is 1. The van der Waals surface area contributed by atoms with Gasteiger partial charge in [-0.1, -0.05) is 13.3 Å². The molecule has 0 unspecified atom stereocenters. The van der Waals surface area contributed by atoms with Gasteiger partial charge in [0.15, 0.2) is 0 Å². The van der Waals surface area contributed by atoms with Crippen LogP contribution >= 0.6 is 0 Å². The third-order valence-corrected chi connectivity index (χ3v) is 2.61. The summed E-state index contributed by atoms with van der Waals surface area (Å²) in [6.45, 7) is 4.02. The molecular formula is C14H21N3O3. The van der Waals surface area contributed by atoms with Gasteiger partial charge in [0.05, 0.1) is 12.6 Å². The molecule has 4 N–H and O–H groups in total. The summed E-state index contributed by atoms with van der Waals surface area (Å²) in [6, 6.07) is 6.24. The molecule has 1 aromatic carbocycles. The molecule has 1 aromatic rings. The molecule has 0 saturated carbocycles. The van der Waals surface area contributed by atoms with Crippen LogP contribution in [-0.2, 0) is 9.53 Å². The van der Waals surface area contributed by atoms with Crippen molar-refractivity contribution in [2.45, 2.75) is 32.7 Å². The topological polar surface area (TPSA) is 93.5 Å². The molecule has 0 aliphatic carbocycles. The first-order valence-electron chi connectivity index (χ1n) is 6.67. The summed E-state index contributed by atoms with van der Waals surface area (Å²) in [7, 11) is 0. The normalized spacial score (nSPS) is 11.6. The largest absolute Gasteiger partial charge is 0.450 e. The molecule has 0 aliphatic rings. The predicted octanol–water partition coefficient (Wildman–Crippen LogP) is 2.32. The Morgan fingerprint density at radius 1 is 1.15 bits per heavy atom. The highest BCUT2D eigenvalue weighted by Crippen LogP contribution is 2.14. The van der Waals surface area contributed by atoms with Crippen LogP contribution in [0.15, 0.2) is 24.3 Å². The average Bonchev–Trinajstić information content (AvgIpc) is 2.41. The molecule has 0 heterocycles. The zero-order chi connectivity index (χ0) is 15.0. The number of nitrogens with one attached hydrogen (secondary N) is 2. The molecule has 0 saturated heterocycles. The Bertz CT molecular complexity index is 445. The number of anilines is 2. The first-order valence-corrected chi connectivity index (χ1v) is 6.67. The first kappa shape index (κ1) is 16.0. The lowest BCUT2D eigenvalue weighted by Gasteiger charge is -2.11. The second-order valence-electron chi connectivity index (χ2n) is 4.31. The van der Waals surface area contributed by atoms with Crippen LogP contribution in [-0.4, -0.2) is 24.6 Å². The number of hydrogen-bond donors (Lipinski definition) is 3. The minimum absolute atomic E-state index is 0.210. The van der Waals surface area contributed by atoms with Crippen LogP contribution in [0.2, 0.25) is 0 Å². The van der Waals surface area contributed by atoms with E-state index in [9.17, 15) is 9.59 Å². The van der Waals surface area contributed by atoms with Gasteiger partial charge in [0, 0.05) is 11.4 Å². The average molecular weight is 279 g/mol. The zero-order valence-electron chi connectivity index (χ0n) is 11.8. The number of amides is 2. The fourth-order valence-corrected chi connectivity index (χ4v) is 1.60. The third kappa shape index (κ3) is 5.27. The molecule has 0 fully saturated rings. The van der Waals surface area contributed by atoms with Gasteiger partial charge in [0.25, 0.3) is 0 Å². The summed E-state index contributed by atoms with van der Waals surface area (Å²) in [4.78, 5) is 22.9. The third-order valence-electron chi connectivity index (χ3n) is 2.61. The molecule has 6 heteroatoms. The van der Waals surface area contributed by atoms with Gasteiger partial charge in [-0.2, -0.15) is 0 Å². The predicted molar refractivity (Wildman–Crippen MR) is 78.6 cm³/mol. The maximum Gasteiger partial charge on any atom is 0.411 e. The minimum Gasteiger partial charge on any atom is -0.450 e. The molecule has 1 rings (SSSR count). The number of hydrogen-bond acceptors (Lipinski definition) is 4. The van der Waals surface area contributed by atoms with Crippen LogP contribution in [0.1, 0.15) is 26.7 Å². The van der Waals surface area contributed by atoms with E-state index < -0.39 is 12.1 Å². The fourth-order valence-electron chi connectivity index (χ4n) is 1.60. The molecule has 0 spiro atoms. The van der Waals surface area contributed by atoms with Crippen LogP contribution in [0.4, 0.5) is 16.2 Å². The van der Waals surface area contributed by atoms with E-state index in [4.69, 9.17) is 10.5 Å². The van der Waals surface area contributed by atoms with Crippen molar-refractivity contribution in [1.82, 2.24) is 0 Å². The zero-order valence-corrected chi connectivity index (χ0v) is 11.8. The van der Waals surface area contributed by atoms with Crippen LogP contribution in [0.25, 0.3) is 0 Å². The molecule has 20 heavy (non-hydrogen) atoms. The molecule has 6 nitrogen and oxygen atoms in total. The van der Waals surface area contributed by atoms with Crippen molar-refractivity contribution in [2.24, 2.45) is 5.73 Å². The van der Waals surface area contributed by atoms with E-state index in [1.165, 1.54) is 0 Å². The molecular weight excluding hydrogens is 258 g/mol. The van der Waals surface area contributed by atoms with Crippen LogP contribution < -0.4 is 16.4 Å². The van der Waals surface area contributed by atoms with Crippen LogP contribution in [0.3, 0.4) is 0 Å². The minimum atomic E-state index is -0.505. The lowest BCUT2D eigenvalue weighted by Crippen LogP contribution is -2.35. The van der Waals surface area contributed by atoms with Crippen molar-refractivity contribution in [3.05, 3.63) is 24.3 Å². The maximum atomic E-state index is 11.7. The van der Waals surface area contributed by atoms with E-state index in [0.29, 0.717) is 24.4 Å². The molecule has 0 radical (unpaired) electrons. The highest BCUT2D eigenvalue weighted by molar-refractivity contribution is 5.95. The van der Waals surface area contributed by atoms with E-state index in [0.717, 1.165) is 6.42 Å². The Labute approximate surface area is 118 Å². The summed E-state index contributed by atoms with van der Waals surface area (Å²) in [5.74, 6) is -0.210. The Balaban J connectivity index is 2.54. The number of nitrogens with two attached hydrogens (primary N) is 1. The van der Waals surface area contributed by atoms with E-state index >= 15 is 0 Å². The van der Waals surface area contributed by atoms with Gasteiger partial charge in [-0.15, -0.1) is 0 Å². The number of rotatable bonds is 6. The van der Waals surface area contributed by atoms with E-state index in [2.05, 4.69) is 10.6 Å². The summed E-state index contributed by atoms with van der Waals surface area (Å²) in [5.41, 5.74) is 6.95. The highest BCUT2D eigenvalue weighted by atomic mass is 16.5. The van der Waals surface area contributed by atoms with Crippen LogP contribution in [0, 0.1) is 0 Å². The van der Waals surface area contributed by atoms with Gasteiger partial charge in [0.1, 0.15) is 0 Å². The molecule has 1 atom stereocenters. The molecule has 110 valence electrons. The molecule has 2 amide bonds. The standard InChI is InChI=1S/C14H21N3O3/c1-3-5-12(15)13(18)16-10-6-8-11(9-7-10)17-14(19)20-4-2/h6-9,12H,3-5,15H2,1-2H3,(H,16,18)(H,17,19)/t12-/m1/s1. The molecule has 0 aliphatic heterocycles. The van der Waals surface area contributed by atoms with Gasteiger partial charge in [-0.25, -0.2) is 4.79 Å². The van der Waals surface area contributed by atoms with Gasteiger partial charge in [-0.05, 0) is 37.6 Å². The number of carbonyl (C=O) groups excluding carboxylic acids is 2. The van der Waals surface area contributed by atoms with Gasteiger partial charge in [-0.3, -0.25) is 10.1 Å². The maximum absolute atomic E-state index is 11.7. The van der Waals surface area contributed by atoms with E-state index in [1.807, 2.05) is 6.92 Å². The Morgan fingerprint density at radius 3 is 2.20 bits per heavy atom. The second-order valence-corrected chi connectivity index (χ2v) is 4.31. The van der Waals surface area contributed by atoms with Crippen molar-refractivity contribution in [1.29, 1.82) is 0 Å². The lowest BCUT2D eigenvalue weighted by molar-refractivity contribution is -0.117. The SMILES string of the molecule is CCC[C@@H](N)C(=O)Nc1ccc(NC(=O)OCC)cc1. The monoisotopic (exact) mass is 279 g/mol. The molecule has 0 bridgehead atoms. The van der Waals surface area contributed by atoms with Gasteiger partial charge >= 0.3 is 6.09 Å². The smallest absolute Gasteiger partial charge is 0.411 e. The summed E-state index contributed by atoms with van der Waals surface area (Å²) < 4.78 is 4.76. The summed E-state index contributed by atoms with van der Waals surface area (Å²) in [5, 5.41) is 5.29. The van der Waals surface area contributed by atoms with Crippen molar-refractivity contribution < 1.29 is 14.3 Å². The van der Waals surface area contributed by atoms with Crippen LogP contribution in [0.5, 0.6) is 0 Å². The highest BCUT2D eigenvalue weighted by Gasteiger charge is 2.12. The van der Waals surface area contributed by atoms with E-state index in [-0.39, 0.29) is 5.91 Å². The lowest BCUT2D eigenvalue weighted by atomic mass is 10.1. The number of carbonyl (C=O) groups is 2. The number of ether oxygens (including phenoxy) is 1. The van der Waals surface area contributed by atoms with Gasteiger partial charge < -0.3 is 15.8 Å². The van der Waals surface area contributed by atoms with E-state index in [1.54, 1.807) is 31.2 Å². The Hall–Kier alpha value is -2.08. The van der Waals surface area contributed by atoms with Crippen molar-refractivity contribution >= 4 is 23.4 Å². The Morgan fingerprint density at radius 2 is 1.70 bits per heavy atom.